The van der Waals surface area contributed by atoms with Crippen LogP contribution in [0.3, 0.4) is 0 Å². The molecule has 1 heteroatoms. The average Bonchev–Trinajstić information content (AvgIpc) is 1.99. The van der Waals surface area contributed by atoms with Gasteiger partial charge in [0.1, 0.15) is 0 Å². The lowest BCUT2D eigenvalue weighted by Gasteiger charge is -2.21. The molecule has 0 aromatic carbocycles. The molecular weight excluding hydrogens is 122 g/mol. The molecule has 0 rings (SSSR count). The molecule has 0 saturated heterocycles. The fraction of sp³-hybridized carbons (Fsp3) is 0.556. The third-order valence-electron chi connectivity index (χ3n) is 1.63. The van der Waals surface area contributed by atoms with Crippen LogP contribution < -0.4 is 0 Å². The van der Waals surface area contributed by atoms with E-state index in [0.717, 1.165) is 6.42 Å². The van der Waals surface area contributed by atoms with Crippen LogP contribution in [0.4, 0.5) is 0 Å². The van der Waals surface area contributed by atoms with E-state index in [0.29, 0.717) is 6.04 Å². The normalized spacial score (nSPS) is 13.5. The summed E-state index contributed by atoms with van der Waals surface area (Å²) in [6.07, 6.45) is 7.07. The number of rotatable bonds is 4. The van der Waals surface area contributed by atoms with Gasteiger partial charge in [0, 0.05) is 6.04 Å². The third kappa shape index (κ3) is 2.72. The highest BCUT2D eigenvalue weighted by Crippen LogP contribution is 2.03. The van der Waals surface area contributed by atoms with Crippen LogP contribution in [0.5, 0.6) is 0 Å². The van der Waals surface area contributed by atoms with Crippen molar-refractivity contribution in [1.29, 1.82) is 0 Å². The van der Waals surface area contributed by atoms with Crippen molar-refractivity contribution in [2.75, 3.05) is 0 Å². The van der Waals surface area contributed by atoms with Gasteiger partial charge >= 0.3 is 0 Å². The minimum absolute atomic E-state index is 0.564. The van der Waals surface area contributed by atoms with Crippen molar-refractivity contribution in [3.8, 4) is 0 Å². The first-order valence-electron chi connectivity index (χ1n) is 3.79. The highest BCUT2D eigenvalue weighted by molar-refractivity contribution is 4.88. The lowest BCUT2D eigenvalue weighted by atomic mass is 10.2. The summed E-state index contributed by atoms with van der Waals surface area (Å²) in [4.78, 5) is 2.11. The molecule has 0 N–H and O–H groups in total. The predicted molar refractivity (Wildman–Crippen MR) is 46.6 cm³/mol. The van der Waals surface area contributed by atoms with Gasteiger partial charge in [0.05, 0.1) is 0 Å². The first-order valence-corrected chi connectivity index (χ1v) is 3.79. The second kappa shape index (κ2) is 5.10. The van der Waals surface area contributed by atoms with Crippen LogP contribution in [0, 0.1) is 0 Å². The fourth-order valence-electron chi connectivity index (χ4n) is 0.771. The molecule has 1 atom stereocenters. The Kier molecular flexibility index (Phi) is 4.73. The molecule has 1 nitrogen and oxygen atoms in total. The van der Waals surface area contributed by atoms with Gasteiger partial charge in [-0.3, -0.25) is 0 Å². The van der Waals surface area contributed by atoms with Gasteiger partial charge < -0.3 is 4.90 Å². The van der Waals surface area contributed by atoms with E-state index in [9.17, 15) is 0 Å². The lowest BCUT2D eigenvalue weighted by molar-refractivity contribution is 0.380. The first-order chi connectivity index (χ1) is 4.76. The zero-order valence-corrected chi connectivity index (χ0v) is 7.17. The second-order valence-corrected chi connectivity index (χ2v) is 2.37. The molecule has 0 aliphatic rings. The summed E-state index contributed by atoms with van der Waals surface area (Å²) in [7, 11) is 0. The van der Waals surface area contributed by atoms with Crippen LogP contribution in [0.25, 0.3) is 0 Å². The molecule has 0 aliphatic carbocycles. The Labute approximate surface area is 64.0 Å². The van der Waals surface area contributed by atoms with Crippen LogP contribution in [0.1, 0.15) is 27.2 Å². The maximum absolute atomic E-state index is 3.72. The van der Waals surface area contributed by atoms with Gasteiger partial charge in [-0.25, -0.2) is 0 Å². The molecule has 58 valence electrons. The molecule has 10 heavy (non-hydrogen) atoms. The lowest BCUT2D eigenvalue weighted by Crippen LogP contribution is -2.21. The van der Waals surface area contributed by atoms with Crippen molar-refractivity contribution in [1.82, 2.24) is 4.90 Å². The van der Waals surface area contributed by atoms with Crippen molar-refractivity contribution < 1.29 is 0 Å². The van der Waals surface area contributed by atoms with E-state index in [1.54, 1.807) is 0 Å². The van der Waals surface area contributed by atoms with Gasteiger partial charge in [0.2, 0.25) is 0 Å². The van der Waals surface area contributed by atoms with E-state index >= 15 is 0 Å². The summed E-state index contributed by atoms with van der Waals surface area (Å²) >= 11 is 0. The molecule has 0 heterocycles. The molecule has 0 spiro atoms. The van der Waals surface area contributed by atoms with E-state index in [1.165, 1.54) is 0 Å². The van der Waals surface area contributed by atoms with Gasteiger partial charge in [-0.15, -0.1) is 0 Å². The van der Waals surface area contributed by atoms with Gasteiger partial charge in [-0.05, 0) is 32.7 Å². The van der Waals surface area contributed by atoms with Crippen molar-refractivity contribution in [3.05, 3.63) is 25.1 Å². The smallest absolute Gasteiger partial charge is 0.0299 e. The fourth-order valence-corrected chi connectivity index (χ4v) is 0.771. The van der Waals surface area contributed by atoms with E-state index < -0.39 is 0 Å². The Bertz CT molecular complexity index is 116. The predicted octanol–water partition coefficient (Wildman–Crippen LogP) is 2.76. The Balaban J connectivity index is 3.92. The standard InChI is InChI=1S/C9H17N/c1-5-8-10(7-3)9(4)6-2/h5,7-9H,3,6H2,1-2,4H3/b8-5-. The third-order valence-corrected chi connectivity index (χ3v) is 1.63. The van der Waals surface area contributed by atoms with Crippen molar-refractivity contribution >= 4 is 0 Å². The Morgan fingerprint density at radius 1 is 1.60 bits per heavy atom. The molecule has 0 fully saturated rings. The van der Waals surface area contributed by atoms with E-state index in [-0.39, 0.29) is 0 Å². The topological polar surface area (TPSA) is 3.24 Å². The summed E-state index contributed by atoms with van der Waals surface area (Å²) < 4.78 is 0. The summed E-state index contributed by atoms with van der Waals surface area (Å²) in [6, 6.07) is 0.564. The number of hydrogen-bond acceptors (Lipinski definition) is 1. The summed E-state index contributed by atoms with van der Waals surface area (Å²) in [5.74, 6) is 0. The van der Waals surface area contributed by atoms with Gasteiger partial charge in [-0.1, -0.05) is 19.6 Å². The Morgan fingerprint density at radius 2 is 2.20 bits per heavy atom. The zero-order chi connectivity index (χ0) is 7.98. The van der Waals surface area contributed by atoms with Crippen LogP contribution in [0.2, 0.25) is 0 Å². The van der Waals surface area contributed by atoms with Crippen LogP contribution >= 0.6 is 0 Å². The van der Waals surface area contributed by atoms with Gasteiger partial charge in [0.25, 0.3) is 0 Å². The monoisotopic (exact) mass is 139 g/mol. The summed E-state index contributed by atoms with van der Waals surface area (Å²) in [5, 5.41) is 0. The number of hydrogen-bond donors (Lipinski definition) is 0. The molecule has 1 unspecified atom stereocenters. The molecule has 0 aliphatic heterocycles. The number of nitrogens with zero attached hydrogens (tertiary/aromatic N) is 1. The summed E-state index contributed by atoms with van der Waals surface area (Å²) in [5.41, 5.74) is 0. The molecular formula is C9H17N. The van der Waals surface area contributed by atoms with E-state index in [2.05, 4.69) is 25.3 Å². The summed E-state index contributed by atoms with van der Waals surface area (Å²) in [6.45, 7) is 10.1. The minimum atomic E-state index is 0.564. The van der Waals surface area contributed by atoms with E-state index in [4.69, 9.17) is 0 Å². The molecule has 0 bridgehead atoms. The molecule has 0 radical (unpaired) electrons. The van der Waals surface area contributed by atoms with Crippen molar-refractivity contribution in [2.45, 2.75) is 33.2 Å². The highest BCUT2D eigenvalue weighted by Gasteiger charge is 2.01. The first kappa shape index (κ1) is 9.28. The quantitative estimate of drug-likeness (QED) is 0.579. The zero-order valence-electron chi connectivity index (χ0n) is 7.17. The highest BCUT2D eigenvalue weighted by atomic mass is 15.1. The largest absolute Gasteiger partial charge is 0.352 e. The SMILES string of the molecule is C=CN(/C=C\C)C(C)CC. The van der Waals surface area contributed by atoms with Crippen LogP contribution in [-0.2, 0) is 0 Å². The Hall–Kier alpha value is -0.720. The van der Waals surface area contributed by atoms with Crippen molar-refractivity contribution in [3.63, 3.8) is 0 Å². The van der Waals surface area contributed by atoms with Crippen LogP contribution in [0.15, 0.2) is 25.1 Å². The molecule has 0 aromatic heterocycles. The van der Waals surface area contributed by atoms with Crippen molar-refractivity contribution in [2.24, 2.45) is 0 Å². The van der Waals surface area contributed by atoms with Crippen LogP contribution in [-0.4, -0.2) is 10.9 Å². The maximum atomic E-state index is 3.72. The number of allylic oxidation sites excluding steroid dienone is 1. The average molecular weight is 139 g/mol. The van der Waals surface area contributed by atoms with Gasteiger partial charge in [-0.2, -0.15) is 0 Å². The Morgan fingerprint density at radius 3 is 2.50 bits per heavy atom. The molecule has 0 aromatic rings. The molecule has 0 saturated carbocycles. The van der Waals surface area contributed by atoms with Gasteiger partial charge in [0.15, 0.2) is 0 Å². The minimum Gasteiger partial charge on any atom is -0.352 e. The maximum Gasteiger partial charge on any atom is 0.0299 e. The van der Waals surface area contributed by atoms with E-state index in [1.807, 2.05) is 25.4 Å². The molecule has 0 amide bonds. The second-order valence-electron chi connectivity index (χ2n) is 2.37.